The van der Waals surface area contributed by atoms with E-state index in [-0.39, 0.29) is 42.6 Å². The van der Waals surface area contributed by atoms with Crippen LogP contribution in [0, 0.1) is 5.92 Å². The number of halogens is 2. The Labute approximate surface area is 166 Å². The molecular weight excluding hydrogens is 373 g/mol. The summed E-state index contributed by atoms with van der Waals surface area (Å²) in [6.07, 6.45) is 1.63. The third-order valence-corrected chi connectivity index (χ3v) is 4.53. The van der Waals surface area contributed by atoms with Crippen LogP contribution in [0.1, 0.15) is 28.9 Å². The predicted octanol–water partition coefficient (Wildman–Crippen LogP) is 3.14. The van der Waals surface area contributed by atoms with Gasteiger partial charge in [-0.3, -0.25) is 4.79 Å². The summed E-state index contributed by atoms with van der Waals surface area (Å²) < 4.78 is 5.55. The second-order valence-corrected chi connectivity index (χ2v) is 6.01. The van der Waals surface area contributed by atoms with Crippen molar-refractivity contribution in [1.82, 2.24) is 9.88 Å². The molecule has 1 aromatic heterocycles. The SMILES string of the molecule is CCOc1cccnc1C(=O)N1C[C@@H](CN)[C@H](c2ccccc2)C1.Cl.Cl. The average Bonchev–Trinajstić information content (AvgIpc) is 3.07. The van der Waals surface area contributed by atoms with E-state index in [0.29, 0.717) is 37.7 Å². The number of benzene rings is 1. The highest BCUT2D eigenvalue weighted by molar-refractivity contribution is 5.95. The van der Waals surface area contributed by atoms with Gasteiger partial charge in [-0.15, -0.1) is 24.8 Å². The van der Waals surface area contributed by atoms with Crippen molar-refractivity contribution < 1.29 is 9.53 Å². The minimum Gasteiger partial charge on any atom is -0.491 e. The molecule has 2 N–H and O–H groups in total. The molecule has 5 nitrogen and oxygen atoms in total. The van der Waals surface area contributed by atoms with Crippen molar-refractivity contribution in [3.05, 3.63) is 59.9 Å². The summed E-state index contributed by atoms with van der Waals surface area (Å²) >= 11 is 0. The molecule has 0 aliphatic carbocycles. The van der Waals surface area contributed by atoms with Crippen LogP contribution in [-0.4, -0.2) is 42.0 Å². The number of nitrogens with zero attached hydrogens (tertiary/aromatic N) is 2. The van der Waals surface area contributed by atoms with Crippen molar-refractivity contribution >= 4 is 30.7 Å². The molecule has 1 aliphatic rings. The van der Waals surface area contributed by atoms with E-state index in [0.717, 1.165) is 0 Å². The van der Waals surface area contributed by atoms with Crippen LogP contribution in [-0.2, 0) is 0 Å². The molecule has 0 spiro atoms. The second-order valence-electron chi connectivity index (χ2n) is 6.01. The minimum atomic E-state index is -0.0871. The average molecular weight is 398 g/mol. The molecule has 0 unspecified atom stereocenters. The Morgan fingerprint density at radius 1 is 1.19 bits per heavy atom. The van der Waals surface area contributed by atoms with Gasteiger partial charge in [0.1, 0.15) is 0 Å². The number of carbonyl (C=O) groups excluding carboxylic acids is 1. The molecule has 3 rings (SSSR count). The lowest BCUT2D eigenvalue weighted by molar-refractivity contribution is 0.0776. The van der Waals surface area contributed by atoms with Crippen molar-refractivity contribution in [2.45, 2.75) is 12.8 Å². The van der Waals surface area contributed by atoms with Crippen molar-refractivity contribution in [3.8, 4) is 5.75 Å². The summed E-state index contributed by atoms with van der Waals surface area (Å²) in [6, 6.07) is 13.8. The zero-order chi connectivity index (χ0) is 16.9. The third-order valence-electron chi connectivity index (χ3n) is 4.53. The van der Waals surface area contributed by atoms with Crippen molar-refractivity contribution in [3.63, 3.8) is 0 Å². The summed E-state index contributed by atoms with van der Waals surface area (Å²) in [5.41, 5.74) is 7.57. The van der Waals surface area contributed by atoms with E-state index in [1.165, 1.54) is 5.56 Å². The molecule has 2 heterocycles. The molecule has 26 heavy (non-hydrogen) atoms. The number of aromatic nitrogens is 1. The highest BCUT2D eigenvalue weighted by atomic mass is 35.5. The normalized spacial score (nSPS) is 18.6. The van der Waals surface area contributed by atoms with Crippen LogP contribution in [0.4, 0.5) is 0 Å². The summed E-state index contributed by atoms with van der Waals surface area (Å²) in [7, 11) is 0. The van der Waals surface area contributed by atoms with Gasteiger partial charge in [0.2, 0.25) is 0 Å². The van der Waals surface area contributed by atoms with Gasteiger partial charge in [-0.25, -0.2) is 4.98 Å². The van der Waals surface area contributed by atoms with Crippen molar-refractivity contribution in [1.29, 1.82) is 0 Å². The molecule has 1 saturated heterocycles. The maximum Gasteiger partial charge on any atom is 0.276 e. The molecule has 0 saturated carbocycles. The van der Waals surface area contributed by atoms with E-state index < -0.39 is 0 Å². The van der Waals surface area contributed by atoms with Crippen LogP contribution in [0.3, 0.4) is 0 Å². The summed E-state index contributed by atoms with van der Waals surface area (Å²) in [6.45, 7) is 4.27. The maximum absolute atomic E-state index is 12.9. The van der Waals surface area contributed by atoms with E-state index in [2.05, 4.69) is 17.1 Å². The van der Waals surface area contributed by atoms with Crippen LogP contribution in [0.25, 0.3) is 0 Å². The molecule has 1 amide bonds. The van der Waals surface area contributed by atoms with Crippen LogP contribution in [0.2, 0.25) is 0 Å². The quantitative estimate of drug-likeness (QED) is 0.840. The molecule has 2 atom stereocenters. The Balaban J connectivity index is 0.00000169. The highest BCUT2D eigenvalue weighted by Crippen LogP contribution is 2.33. The number of rotatable bonds is 5. The fourth-order valence-corrected chi connectivity index (χ4v) is 3.33. The van der Waals surface area contributed by atoms with Gasteiger partial charge in [0.15, 0.2) is 11.4 Å². The first kappa shape index (κ1) is 22.2. The van der Waals surface area contributed by atoms with Gasteiger partial charge in [-0.1, -0.05) is 30.3 Å². The lowest BCUT2D eigenvalue weighted by atomic mass is 9.89. The third kappa shape index (κ3) is 4.67. The van der Waals surface area contributed by atoms with E-state index in [1.54, 1.807) is 18.3 Å². The van der Waals surface area contributed by atoms with Gasteiger partial charge in [0, 0.05) is 25.2 Å². The molecule has 2 aromatic rings. The fourth-order valence-electron chi connectivity index (χ4n) is 3.33. The van der Waals surface area contributed by atoms with Crippen LogP contribution >= 0.6 is 24.8 Å². The molecule has 1 fully saturated rings. The van der Waals surface area contributed by atoms with E-state index in [9.17, 15) is 4.79 Å². The maximum atomic E-state index is 12.9. The van der Waals surface area contributed by atoms with Crippen molar-refractivity contribution in [2.24, 2.45) is 11.7 Å². The van der Waals surface area contributed by atoms with Gasteiger partial charge in [0.25, 0.3) is 5.91 Å². The van der Waals surface area contributed by atoms with Gasteiger partial charge in [-0.2, -0.15) is 0 Å². The van der Waals surface area contributed by atoms with E-state index in [1.807, 2.05) is 30.0 Å². The summed E-state index contributed by atoms with van der Waals surface area (Å²) in [5.74, 6) is 0.975. The Bertz CT molecular complexity index is 700. The highest BCUT2D eigenvalue weighted by Gasteiger charge is 2.36. The summed E-state index contributed by atoms with van der Waals surface area (Å²) in [5, 5.41) is 0. The Hall–Kier alpha value is -1.82. The molecular formula is C19H25Cl2N3O2. The predicted molar refractivity (Wildman–Crippen MR) is 108 cm³/mol. The number of hydrogen-bond donors (Lipinski definition) is 1. The van der Waals surface area contributed by atoms with Crippen molar-refractivity contribution in [2.75, 3.05) is 26.2 Å². The molecule has 0 bridgehead atoms. The van der Waals surface area contributed by atoms with Crippen LogP contribution < -0.4 is 10.5 Å². The number of likely N-dealkylation sites (tertiary alicyclic amines) is 1. The van der Waals surface area contributed by atoms with E-state index >= 15 is 0 Å². The molecule has 1 aromatic carbocycles. The van der Waals surface area contributed by atoms with Crippen LogP contribution in [0.5, 0.6) is 5.75 Å². The Morgan fingerprint density at radius 3 is 2.58 bits per heavy atom. The monoisotopic (exact) mass is 397 g/mol. The number of carbonyl (C=O) groups is 1. The topological polar surface area (TPSA) is 68.5 Å². The summed E-state index contributed by atoms with van der Waals surface area (Å²) in [4.78, 5) is 19.0. The largest absolute Gasteiger partial charge is 0.491 e. The fraction of sp³-hybridized carbons (Fsp3) is 0.368. The first-order valence-corrected chi connectivity index (χ1v) is 8.36. The van der Waals surface area contributed by atoms with Gasteiger partial charge in [0.05, 0.1) is 6.61 Å². The zero-order valence-electron chi connectivity index (χ0n) is 14.7. The minimum absolute atomic E-state index is 0. The first-order valence-electron chi connectivity index (χ1n) is 8.36. The standard InChI is InChI=1S/C19H23N3O2.2ClH/c1-2-24-17-9-6-10-21-18(17)19(23)22-12-15(11-20)16(13-22)14-7-4-3-5-8-14;;/h3-10,15-16H,2,11-13,20H2,1H3;2*1H/t15-,16+;;/m1../s1. The smallest absolute Gasteiger partial charge is 0.276 e. The number of ether oxygens (including phenoxy) is 1. The van der Waals surface area contributed by atoms with Gasteiger partial charge in [-0.05, 0) is 37.1 Å². The number of pyridine rings is 1. The molecule has 142 valence electrons. The second kappa shape index (κ2) is 10.4. The molecule has 7 heteroatoms. The lowest BCUT2D eigenvalue weighted by Gasteiger charge is -2.17. The van der Waals surface area contributed by atoms with E-state index in [4.69, 9.17) is 10.5 Å². The van der Waals surface area contributed by atoms with Crippen LogP contribution in [0.15, 0.2) is 48.7 Å². The lowest BCUT2D eigenvalue weighted by Crippen LogP contribution is -2.30. The number of hydrogen-bond acceptors (Lipinski definition) is 4. The number of nitrogens with two attached hydrogens (primary N) is 1. The molecule has 1 aliphatic heterocycles. The van der Waals surface area contributed by atoms with Gasteiger partial charge >= 0.3 is 0 Å². The Kier molecular flexibility index (Phi) is 8.85. The first-order chi connectivity index (χ1) is 11.7. The Morgan fingerprint density at radius 2 is 1.92 bits per heavy atom. The molecule has 0 radical (unpaired) electrons. The zero-order valence-corrected chi connectivity index (χ0v) is 16.3. The van der Waals surface area contributed by atoms with Gasteiger partial charge < -0.3 is 15.4 Å². The number of amides is 1.